The van der Waals surface area contributed by atoms with Crippen molar-refractivity contribution in [3.8, 4) is 5.75 Å². The Bertz CT molecular complexity index is 297. The molecule has 84 valence electrons. The van der Waals surface area contributed by atoms with Crippen LogP contribution in [0.25, 0.3) is 0 Å². The van der Waals surface area contributed by atoms with E-state index in [1.165, 1.54) is 11.1 Å². The lowest BCUT2D eigenvalue weighted by molar-refractivity contribution is 0.305. The molecular weight excluding hydrogens is 208 g/mol. The topological polar surface area (TPSA) is 9.23 Å². The van der Waals surface area contributed by atoms with Gasteiger partial charge in [0.2, 0.25) is 0 Å². The standard InChI is InChI=1S/C13H19ClO/c1-4-5-6-15-13-10(2)7-12(9-14)8-11(13)3/h7-8H,4-6,9H2,1-3H3. The maximum atomic E-state index is 5.81. The van der Waals surface area contributed by atoms with Crippen LogP contribution in [0.5, 0.6) is 5.75 Å². The zero-order chi connectivity index (χ0) is 11.3. The first-order chi connectivity index (χ1) is 7.19. The van der Waals surface area contributed by atoms with E-state index in [0.717, 1.165) is 30.8 Å². The van der Waals surface area contributed by atoms with Crippen molar-refractivity contribution < 1.29 is 4.74 Å². The van der Waals surface area contributed by atoms with Gasteiger partial charge in [0.05, 0.1) is 6.61 Å². The molecule has 15 heavy (non-hydrogen) atoms. The van der Waals surface area contributed by atoms with Crippen LogP contribution in [0.3, 0.4) is 0 Å². The second-order valence-corrected chi connectivity index (χ2v) is 4.16. The minimum absolute atomic E-state index is 0.566. The third kappa shape index (κ3) is 3.42. The van der Waals surface area contributed by atoms with Crippen LogP contribution in [0.4, 0.5) is 0 Å². The zero-order valence-electron chi connectivity index (χ0n) is 9.77. The summed E-state index contributed by atoms with van der Waals surface area (Å²) in [6.45, 7) is 7.12. The Morgan fingerprint density at radius 1 is 1.20 bits per heavy atom. The molecule has 0 heterocycles. The van der Waals surface area contributed by atoms with Crippen molar-refractivity contribution in [1.82, 2.24) is 0 Å². The van der Waals surface area contributed by atoms with Gasteiger partial charge in [-0.2, -0.15) is 0 Å². The van der Waals surface area contributed by atoms with Gasteiger partial charge in [-0.1, -0.05) is 25.5 Å². The lowest BCUT2D eigenvalue weighted by Gasteiger charge is -2.13. The summed E-state index contributed by atoms with van der Waals surface area (Å²) in [6.07, 6.45) is 2.27. The van der Waals surface area contributed by atoms with Crippen molar-refractivity contribution in [3.05, 3.63) is 28.8 Å². The number of ether oxygens (including phenoxy) is 1. The highest BCUT2D eigenvalue weighted by Gasteiger charge is 2.05. The normalized spacial score (nSPS) is 10.4. The summed E-state index contributed by atoms with van der Waals surface area (Å²) in [5, 5.41) is 0. The van der Waals surface area contributed by atoms with Gasteiger partial charge in [-0.05, 0) is 37.0 Å². The fourth-order valence-electron chi connectivity index (χ4n) is 1.66. The second kappa shape index (κ2) is 6.02. The predicted octanol–water partition coefficient (Wildman–Crippen LogP) is 4.22. The molecule has 0 aliphatic heterocycles. The molecule has 1 aromatic rings. The number of hydrogen-bond donors (Lipinski definition) is 0. The van der Waals surface area contributed by atoms with E-state index < -0.39 is 0 Å². The van der Waals surface area contributed by atoms with Crippen LogP contribution >= 0.6 is 11.6 Å². The van der Waals surface area contributed by atoms with Gasteiger partial charge in [-0.25, -0.2) is 0 Å². The molecule has 1 aromatic carbocycles. The maximum Gasteiger partial charge on any atom is 0.125 e. The van der Waals surface area contributed by atoms with Gasteiger partial charge in [0, 0.05) is 5.88 Å². The monoisotopic (exact) mass is 226 g/mol. The summed E-state index contributed by atoms with van der Waals surface area (Å²) in [5.74, 6) is 1.59. The van der Waals surface area contributed by atoms with E-state index in [4.69, 9.17) is 16.3 Å². The molecule has 2 heteroatoms. The molecule has 0 spiro atoms. The van der Waals surface area contributed by atoms with Gasteiger partial charge in [0.25, 0.3) is 0 Å². The van der Waals surface area contributed by atoms with Crippen molar-refractivity contribution in [1.29, 1.82) is 0 Å². The Morgan fingerprint density at radius 2 is 1.80 bits per heavy atom. The van der Waals surface area contributed by atoms with Crippen molar-refractivity contribution in [2.45, 2.75) is 39.5 Å². The fourth-order valence-corrected chi connectivity index (χ4v) is 1.82. The predicted molar refractivity (Wildman–Crippen MR) is 65.9 cm³/mol. The highest BCUT2D eigenvalue weighted by molar-refractivity contribution is 6.17. The van der Waals surface area contributed by atoms with Gasteiger partial charge in [-0.15, -0.1) is 11.6 Å². The third-order valence-electron chi connectivity index (χ3n) is 2.42. The number of aryl methyl sites for hydroxylation is 2. The van der Waals surface area contributed by atoms with E-state index in [1.807, 2.05) is 0 Å². The number of hydrogen-bond acceptors (Lipinski definition) is 1. The molecule has 0 saturated heterocycles. The summed E-state index contributed by atoms with van der Waals surface area (Å²) >= 11 is 5.81. The highest BCUT2D eigenvalue weighted by atomic mass is 35.5. The van der Waals surface area contributed by atoms with Crippen LogP contribution in [0.15, 0.2) is 12.1 Å². The molecule has 0 atom stereocenters. The van der Waals surface area contributed by atoms with Crippen LogP contribution in [0, 0.1) is 13.8 Å². The van der Waals surface area contributed by atoms with Crippen LogP contribution in [0.1, 0.15) is 36.5 Å². The molecule has 1 nitrogen and oxygen atoms in total. The zero-order valence-corrected chi connectivity index (χ0v) is 10.5. The van der Waals surface area contributed by atoms with Crippen LogP contribution in [0.2, 0.25) is 0 Å². The third-order valence-corrected chi connectivity index (χ3v) is 2.73. The Hall–Kier alpha value is -0.690. The summed E-state index contributed by atoms with van der Waals surface area (Å²) in [6, 6.07) is 4.20. The average Bonchev–Trinajstić information content (AvgIpc) is 2.22. The summed E-state index contributed by atoms with van der Waals surface area (Å²) in [4.78, 5) is 0. The van der Waals surface area contributed by atoms with Gasteiger partial charge in [0.15, 0.2) is 0 Å². The van der Waals surface area contributed by atoms with Crippen molar-refractivity contribution in [2.24, 2.45) is 0 Å². The minimum Gasteiger partial charge on any atom is -0.493 e. The summed E-state index contributed by atoms with van der Waals surface area (Å²) < 4.78 is 5.76. The van der Waals surface area contributed by atoms with Crippen molar-refractivity contribution in [3.63, 3.8) is 0 Å². The van der Waals surface area contributed by atoms with E-state index in [9.17, 15) is 0 Å². The van der Waals surface area contributed by atoms with Crippen LogP contribution in [-0.2, 0) is 5.88 Å². The molecule has 0 amide bonds. The largest absolute Gasteiger partial charge is 0.493 e. The van der Waals surface area contributed by atoms with E-state index in [2.05, 4.69) is 32.9 Å². The first-order valence-corrected chi connectivity index (χ1v) is 6.01. The first kappa shape index (κ1) is 12.4. The van der Waals surface area contributed by atoms with E-state index in [0.29, 0.717) is 5.88 Å². The molecule has 0 aliphatic carbocycles. The SMILES string of the molecule is CCCCOc1c(C)cc(CCl)cc1C. The van der Waals surface area contributed by atoms with E-state index in [-0.39, 0.29) is 0 Å². The van der Waals surface area contributed by atoms with Gasteiger partial charge >= 0.3 is 0 Å². The Labute approximate surface area is 97.4 Å². The van der Waals surface area contributed by atoms with Crippen molar-refractivity contribution >= 4 is 11.6 Å². The molecule has 1 rings (SSSR count). The molecule has 0 unspecified atom stereocenters. The van der Waals surface area contributed by atoms with Gasteiger partial charge in [-0.3, -0.25) is 0 Å². The Balaban J connectivity index is 2.79. The first-order valence-electron chi connectivity index (χ1n) is 5.48. The Morgan fingerprint density at radius 3 is 2.27 bits per heavy atom. The smallest absolute Gasteiger partial charge is 0.125 e. The molecule has 0 bridgehead atoms. The number of unbranched alkanes of at least 4 members (excludes halogenated alkanes) is 1. The summed E-state index contributed by atoms with van der Waals surface area (Å²) in [7, 11) is 0. The molecule has 0 aromatic heterocycles. The number of benzene rings is 1. The lowest BCUT2D eigenvalue weighted by atomic mass is 10.1. The van der Waals surface area contributed by atoms with Crippen molar-refractivity contribution in [2.75, 3.05) is 6.61 Å². The Kier molecular flexibility index (Phi) is 4.97. The molecule has 0 aliphatic rings. The molecule has 0 radical (unpaired) electrons. The molecule has 0 N–H and O–H groups in total. The number of alkyl halides is 1. The number of halogens is 1. The second-order valence-electron chi connectivity index (χ2n) is 3.89. The van der Waals surface area contributed by atoms with E-state index >= 15 is 0 Å². The quantitative estimate of drug-likeness (QED) is 0.540. The highest BCUT2D eigenvalue weighted by Crippen LogP contribution is 2.25. The van der Waals surface area contributed by atoms with Gasteiger partial charge in [0.1, 0.15) is 5.75 Å². The molecular formula is C13H19ClO. The summed E-state index contributed by atoms with van der Waals surface area (Å²) in [5.41, 5.74) is 3.53. The van der Waals surface area contributed by atoms with E-state index in [1.54, 1.807) is 0 Å². The van der Waals surface area contributed by atoms with Crippen LogP contribution < -0.4 is 4.74 Å². The lowest BCUT2D eigenvalue weighted by Crippen LogP contribution is -2.00. The average molecular weight is 227 g/mol. The molecule has 0 fully saturated rings. The fraction of sp³-hybridized carbons (Fsp3) is 0.538. The minimum atomic E-state index is 0.566. The van der Waals surface area contributed by atoms with Gasteiger partial charge < -0.3 is 4.74 Å². The maximum absolute atomic E-state index is 5.81. The molecule has 0 saturated carbocycles. The number of rotatable bonds is 5. The van der Waals surface area contributed by atoms with Crippen LogP contribution in [-0.4, -0.2) is 6.61 Å².